The minimum Gasteiger partial charge on any atom is -0.447 e. The highest BCUT2D eigenvalue weighted by molar-refractivity contribution is 6.72. The smallest absolute Gasteiger partial charge is 0.322 e. The molecule has 0 aliphatic carbocycles. The van der Waals surface area contributed by atoms with Crippen LogP contribution in [0.25, 0.3) is 0 Å². The molecule has 0 fully saturated rings. The minimum absolute atomic E-state index is 0.775. The van der Waals surface area contributed by atoms with Gasteiger partial charge >= 0.3 is 8.56 Å². The van der Waals surface area contributed by atoms with Crippen molar-refractivity contribution in [2.45, 2.75) is 39.4 Å². The highest BCUT2D eigenvalue weighted by Gasteiger charge is 2.26. The summed E-state index contributed by atoms with van der Waals surface area (Å²) in [6.07, 6.45) is 2.30. The zero-order valence-electron chi connectivity index (χ0n) is 9.42. The van der Waals surface area contributed by atoms with Crippen molar-refractivity contribution >= 4 is 28.3 Å². The molecule has 0 rings (SSSR count). The van der Waals surface area contributed by atoms with Crippen LogP contribution >= 0.6 is 0 Å². The molecule has 0 aromatic carbocycles. The van der Waals surface area contributed by atoms with Crippen molar-refractivity contribution in [2.24, 2.45) is 0 Å². The molecular weight excluding hydrogens is 216 g/mol. The van der Waals surface area contributed by atoms with Gasteiger partial charge in [0.05, 0.1) is 0 Å². The molecule has 1 unspecified atom stereocenters. The van der Waals surface area contributed by atoms with Crippen molar-refractivity contribution in [2.75, 3.05) is 6.61 Å². The summed E-state index contributed by atoms with van der Waals surface area (Å²) in [6, 6.07) is 0. The van der Waals surface area contributed by atoms with Gasteiger partial charge in [0.25, 0.3) is 9.28 Å². The van der Waals surface area contributed by atoms with Crippen LogP contribution in [0.1, 0.15) is 19.8 Å². The molecule has 0 aliphatic rings. The standard InChI is InChI=1S/C7H22O3Si3/c1-5-6-7-8-13(3,4)10-12(2)9-11/h12H,5-7H2,1-4,11H3. The van der Waals surface area contributed by atoms with E-state index >= 15 is 0 Å². The summed E-state index contributed by atoms with van der Waals surface area (Å²) in [6.45, 7) is 9.24. The SMILES string of the molecule is CCCCO[Si](C)(C)O[SiH](C)O[SiH3]. The summed E-state index contributed by atoms with van der Waals surface area (Å²) in [5.74, 6) is 0. The second-order valence-corrected chi connectivity index (χ2v) is 10.6. The first-order chi connectivity index (χ1) is 6.02. The Morgan fingerprint density at radius 3 is 2.46 bits per heavy atom. The van der Waals surface area contributed by atoms with Crippen molar-refractivity contribution in [3.05, 3.63) is 0 Å². The molecule has 6 heteroatoms. The first-order valence-electron chi connectivity index (χ1n) is 4.86. The van der Waals surface area contributed by atoms with Crippen LogP contribution in [-0.4, -0.2) is 34.9 Å². The molecule has 3 nitrogen and oxygen atoms in total. The van der Waals surface area contributed by atoms with Crippen LogP contribution in [0.15, 0.2) is 0 Å². The van der Waals surface area contributed by atoms with E-state index in [2.05, 4.69) is 26.6 Å². The molecule has 1 atom stereocenters. The molecule has 0 N–H and O–H groups in total. The van der Waals surface area contributed by atoms with Gasteiger partial charge in [-0.2, -0.15) is 0 Å². The van der Waals surface area contributed by atoms with Crippen LogP contribution in [0.4, 0.5) is 0 Å². The Morgan fingerprint density at radius 2 is 2.00 bits per heavy atom. The van der Waals surface area contributed by atoms with E-state index in [9.17, 15) is 0 Å². The van der Waals surface area contributed by atoms with E-state index in [4.69, 9.17) is 12.7 Å². The minimum atomic E-state index is -1.87. The van der Waals surface area contributed by atoms with Crippen LogP contribution < -0.4 is 0 Å². The van der Waals surface area contributed by atoms with Crippen LogP contribution in [0, 0.1) is 0 Å². The normalized spacial score (nSPS) is 14.8. The maximum Gasteiger partial charge on any atom is 0.322 e. The second-order valence-electron chi connectivity index (χ2n) is 3.52. The lowest BCUT2D eigenvalue weighted by Gasteiger charge is -2.25. The van der Waals surface area contributed by atoms with Gasteiger partial charge in [-0.15, -0.1) is 0 Å². The van der Waals surface area contributed by atoms with Gasteiger partial charge in [0.1, 0.15) is 10.5 Å². The zero-order valence-corrected chi connectivity index (χ0v) is 13.6. The van der Waals surface area contributed by atoms with Crippen LogP contribution in [0.2, 0.25) is 19.6 Å². The summed E-state index contributed by atoms with van der Waals surface area (Å²) >= 11 is 0. The van der Waals surface area contributed by atoms with Gasteiger partial charge in [0, 0.05) is 6.61 Å². The van der Waals surface area contributed by atoms with Gasteiger partial charge in [-0.1, -0.05) is 13.3 Å². The first kappa shape index (κ1) is 13.5. The molecule has 80 valence electrons. The summed E-state index contributed by atoms with van der Waals surface area (Å²) in [7, 11) is -2.45. The molecule has 0 radical (unpaired) electrons. The van der Waals surface area contributed by atoms with Crippen molar-refractivity contribution < 1.29 is 12.7 Å². The summed E-state index contributed by atoms with van der Waals surface area (Å²) in [4.78, 5) is 0. The highest BCUT2D eigenvalue weighted by atomic mass is 28.4. The molecule has 0 aromatic heterocycles. The predicted octanol–water partition coefficient (Wildman–Crippen LogP) is 0.669. The maximum absolute atomic E-state index is 5.80. The summed E-state index contributed by atoms with van der Waals surface area (Å²) in [5, 5.41) is 0. The lowest BCUT2D eigenvalue weighted by molar-refractivity contribution is 0.234. The number of hydrogen-bond donors (Lipinski definition) is 0. The van der Waals surface area contributed by atoms with Gasteiger partial charge in [-0.25, -0.2) is 0 Å². The predicted molar refractivity (Wildman–Crippen MR) is 63.5 cm³/mol. The van der Waals surface area contributed by atoms with Gasteiger partial charge < -0.3 is 12.7 Å². The van der Waals surface area contributed by atoms with Crippen LogP contribution in [0.3, 0.4) is 0 Å². The third-order valence-corrected chi connectivity index (χ3v) is 8.88. The van der Waals surface area contributed by atoms with E-state index in [1.54, 1.807) is 0 Å². The van der Waals surface area contributed by atoms with Crippen LogP contribution in [-0.2, 0) is 12.7 Å². The van der Waals surface area contributed by atoms with Crippen molar-refractivity contribution in [1.29, 1.82) is 0 Å². The molecule has 0 aromatic rings. The molecule has 0 heterocycles. The first-order valence-corrected chi connectivity index (χ1v) is 10.6. The molecule has 0 spiro atoms. The largest absolute Gasteiger partial charge is 0.447 e. The Balaban J connectivity index is 3.65. The quantitative estimate of drug-likeness (QED) is 0.482. The number of unbranched alkanes of at least 4 members (excludes halogenated alkanes) is 1. The van der Waals surface area contributed by atoms with E-state index in [0.29, 0.717) is 0 Å². The third-order valence-electron chi connectivity index (χ3n) is 1.73. The van der Waals surface area contributed by atoms with Crippen LogP contribution in [0.5, 0.6) is 0 Å². The Labute approximate surface area is 87.4 Å². The van der Waals surface area contributed by atoms with Crippen molar-refractivity contribution in [1.82, 2.24) is 0 Å². The average Bonchev–Trinajstić information content (AvgIpc) is 2.03. The Morgan fingerprint density at radius 1 is 1.38 bits per heavy atom. The van der Waals surface area contributed by atoms with E-state index in [1.165, 1.54) is 6.42 Å². The molecule has 0 saturated heterocycles. The molecular formula is C7H22O3Si3. The van der Waals surface area contributed by atoms with Gasteiger partial charge in [-0.05, 0) is 26.1 Å². The van der Waals surface area contributed by atoms with E-state index in [1.807, 2.05) is 0 Å². The molecule has 0 bridgehead atoms. The fourth-order valence-electron chi connectivity index (χ4n) is 0.944. The van der Waals surface area contributed by atoms with Gasteiger partial charge in [0.2, 0.25) is 0 Å². The topological polar surface area (TPSA) is 27.7 Å². The van der Waals surface area contributed by atoms with Gasteiger partial charge in [0.15, 0.2) is 0 Å². The van der Waals surface area contributed by atoms with Gasteiger partial charge in [-0.3, -0.25) is 0 Å². The maximum atomic E-state index is 5.80. The molecule has 0 aliphatic heterocycles. The van der Waals surface area contributed by atoms with E-state index in [0.717, 1.165) is 23.5 Å². The number of rotatable bonds is 7. The Hall–Kier alpha value is 0.531. The fraction of sp³-hybridized carbons (Fsp3) is 1.00. The molecule has 13 heavy (non-hydrogen) atoms. The summed E-state index contributed by atoms with van der Waals surface area (Å²) in [5.41, 5.74) is 0. The third kappa shape index (κ3) is 7.59. The van der Waals surface area contributed by atoms with Crippen molar-refractivity contribution in [3.8, 4) is 0 Å². The molecule has 0 saturated carbocycles. The zero-order chi connectivity index (χ0) is 10.3. The fourth-order valence-corrected chi connectivity index (χ4v) is 6.30. The Bertz CT molecular complexity index is 132. The average molecular weight is 239 g/mol. The monoisotopic (exact) mass is 238 g/mol. The lowest BCUT2D eigenvalue weighted by atomic mass is 10.4. The van der Waals surface area contributed by atoms with E-state index < -0.39 is 17.8 Å². The lowest BCUT2D eigenvalue weighted by Crippen LogP contribution is -2.41. The highest BCUT2D eigenvalue weighted by Crippen LogP contribution is 2.09. The van der Waals surface area contributed by atoms with E-state index in [-0.39, 0.29) is 0 Å². The molecule has 0 amide bonds. The second kappa shape index (κ2) is 6.91. The Kier molecular flexibility index (Phi) is 7.19. The summed E-state index contributed by atoms with van der Waals surface area (Å²) < 4.78 is 16.8. The van der Waals surface area contributed by atoms with Crippen molar-refractivity contribution in [3.63, 3.8) is 0 Å². The number of hydrogen-bond acceptors (Lipinski definition) is 3.